The van der Waals surface area contributed by atoms with Gasteiger partial charge in [0.1, 0.15) is 11.9 Å². The van der Waals surface area contributed by atoms with Gasteiger partial charge in [0.05, 0.1) is 0 Å². The predicted molar refractivity (Wildman–Crippen MR) is 64.7 cm³/mol. The van der Waals surface area contributed by atoms with E-state index in [4.69, 9.17) is 4.74 Å². The molecule has 0 spiro atoms. The Labute approximate surface area is 95.7 Å². The first kappa shape index (κ1) is 9.46. The normalized spacial score (nSPS) is 17.4. The lowest BCUT2D eigenvalue weighted by Crippen LogP contribution is -2.22. The molecule has 0 radical (unpaired) electrons. The Kier molecular flexibility index (Phi) is 2.17. The molecule has 0 fully saturated rings. The average molecular weight is 210 g/mol. The van der Waals surface area contributed by atoms with E-state index in [1.165, 1.54) is 16.7 Å². The number of fused-ring (bicyclic) bond motifs is 1. The first-order chi connectivity index (χ1) is 7.83. The molecule has 1 nitrogen and oxygen atoms in total. The fraction of sp³-hybridized carbons (Fsp3) is 0.200. The van der Waals surface area contributed by atoms with Gasteiger partial charge in [-0.05, 0) is 30.2 Å². The van der Waals surface area contributed by atoms with E-state index in [0.29, 0.717) is 0 Å². The van der Waals surface area contributed by atoms with Crippen molar-refractivity contribution in [1.82, 2.24) is 0 Å². The maximum absolute atomic E-state index is 5.93. The van der Waals surface area contributed by atoms with Crippen molar-refractivity contribution in [1.29, 1.82) is 0 Å². The van der Waals surface area contributed by atoms with Crippen LogP contribution >= 0.6 is 0 Å². The molecule has 0 aromatic heterocycles. The highest BCUT2D eigenvalue weighted by molar-refractivity contribution is 5.39. The lowest BCUT2D eigenvalue weighted by Gasteiger charge is -2.30. The molecule has 0 saturated carbocycles. The lowest BCUT2D eigenvalue weighted by molar-refractivity contribution is 0.181. The van der Waals surface area contributed by atoms with E-state index in [0.717, 1.165) is 12.2 Å². The van der Waals surface area contributed by atoms with Crippen molar-refractivity contribution in [3.63, 3.8) is 0 Å². The summed E-state index contributed by atoms with van der Waals surface area (Å²) in [5.74, 6) is 0.963. The number of hydrogen-bond donors (Lipinski definition) is 0. The third-order valence-corrected chi connectivity index (χ3v) is 3.11. The first-order valence-electron chi connectivity index (χ1n) is 5.64. The van der Waals surface area contributed by atoms with Gasteiger partial charge in [0.15, 0.2) is 0 Å². The fourth-order valence-corrected chi connectivity index (χ4v) is 2.10. The second-order valence-corrected chi connectivity index (χ2v) is 4.32. The molecule has 1 aliphatic carbocycles. The predicted octanol–water partition coefficient (Wildman–Crippen LogP) is 3.67. The van der Waals surface area contributed by atoms with Gasteiger partial charge in [0.25, 0.3) is 0 Å². The van der Waals surface area contributed by atoms with E-state index < -0.39 is 0 Å². The highest BCUT2D eigenvalue weighted by Gasteiger charge is 2.26. The van der Waals surface area contributed by atoms with Gasteiger partial charge in [0, 0.05) is 6.42 Å². The SMILES string of the molecule is Cc1ccc(OC2Cc3ccccc32)cc1. The fourth-order valence-electron chi connectivity index (χ4n) is 2.10. The molecule has 0 saturated heterocycles. The monoisotopic (exact) mass is 210 g/mol. The highest BCUT2D eigenvalue weighted by atomic mass is 16.5. The molecule has 0 amide bonds. The summed E-state index contributed by atoms with van der Waals surface area (Å²) in [5, 5.41) is 0. The van der Waals surface area contributed by atoms with Crippen LogP contribution in [-0.4, -0.2) is 0 Å². The molecule has 3 rings (SSSR count). The summed E-state index contributed by atoms with van der Waals surface area (Å²) < 4.78 is 5.93. The van der Waals surface area contributed by atoms with Crippen LogP contribution in [0.2, 0.25) is 0 Å². The van der Waals surface area contributed by atoms with E-state index in [1.807, 2.05) is 12.1 Å². The number of benzene rings is 2. The number of ether oxygens (including phenoxy) is 1. The Morgan fingerprint density at radius 3 is 2.50 bits per heavy atom. The van der Waals surface area contributed by atoms with Crippen molar-refractivity contribution in [3.8, 4) is 5.75 Å². The summed E-state index contributed by atoms with van der Waals surface area (Å²) in [7, 11) is 0. The van der Waals surface area contributed by atoms with Gasteiger partial charge in [-0.2, -0.15) is 0 Å². The van der Waals surface area contributed by atoms with Crippen LogP contribution in [0.3, 0.4) is 0 Å². The molecule has 0 aliphatic heterocycles. The Balaban J connectivity index is 1.77. The zero-order chi connectivity index (χ0) is 11.0. The van der Waals surface area contributed by atoms with Gasteiger partial charge < -0.3 is 4.74 Å². The smallest absolute Gasteiger partial charge is 0.128 e. The zero-order valence-electron chi connectivity index (χ0n) is 9.31. The molecule has 2 aromatic carbocycles. The molecule has 1 heteroatoms. The molecular formula is C15H14O. The van der Waals surface area contributed by atoms with Gasteiger partial charge in [0.2, 0.25) is 0 Å². The Morgan fingerprint density at radius 1 is 1.00 bits per heavy atom. The van der Waals surface area contributed by atoms with Crippen molar-refractivity contribution in [2.75, 3.05) is 0 Å². The van der Waals surface area contributed by atoms with Crippen LogP contribution in [0.4, 0.5) is 0 Å². The van der Waals surface area contributed by atoms with Crippen LogP contribution in [0.5, 0.6) is 5.75 Å². The maximum Gasteiger partial charge on any atom is 0.128 e. The Bertz CT molecular complexity index is 499. The van der Waals surface area contributed by atoms with Gasteiger partial charge in [-0.3, -0.25) is 0 Å². The minimum atomic E-state index is 0.249. The molecule has 0 bridgehead atoms. The van der Waals surface area contributed by atoms with Crippen molar-refractivity contribution in [3.05, 3.63) is 65.2 Å². The van der Waals surface area contributed by atoms with Crippen LogP contribution in [0, 0.1) is 6.92 Å². The van der Waals surface area contributed by atoms with Gasteiger partial charge in [-0.1, -0.05) is 42.0 Å². The first-order valence-corrected chi connectivity index (χ1v) is 5.64. The molecule has 2 aromatic rings. The standard InChI is InChI=1S/C15H14O/c1-11-6-8-13(9-7-11)16-15-10-12-4-2-3-5-14(12)15/h2-9,15H,10H2,1H3. The minimum Gasteiger partial charge on any atom is -0.485 e. The molecule has 80 valence electrons. The highest BCUT2D eigenvalue weighted by Crippen LogP contribution is 2.36. The topological polar surface area (TPSA) is 9.23 Å². The summed E-state index contributed by atoms with van der Waals surface area (Å²) in [6.45, 7) is 2.09. The Morgan fingerprint density at radius 2 is 1.75 bits per heavy atom. The third-order valence-electron chi connectivity index (χ3n) is 3.11. The average Bonchev–Trinajstić information content (AvgIpc) is 2.28. The lowest BCUT2D eigenvalue weighted by atomic mass is 9.85. The molecule has 16 heavy (non-hydrogen) atoms. The zero-order valence-corrected chi connectivity index (χ0v) is 9.31. The second kappa shape index (κ2) is 3.67. The van der Waals surface area contributed by atoms with E-state index in [-0.39, 0.29) is 6.10 Å². The van der Waals surface area contributed by atoms with Gasteiger partial charge >= 0.3 is 0 Å². The number of rotatable bonds is 2. The summed E-state index contributed by atoms with van der Waals surface area (Å²) >= 11 is 0. The van der Waals surface area contributed by atoms with E-state index >= 15 is 0 Å². The van der Waals surface area contributed by atoms with Gasteiger partial charge in [-0.15, -0.1) is 0 Å². The van der Waals surface area contributed by atoms with Crippen LogP contribution in [0.1, 0.15) is 22.8 Å². The summed E-state index contributed by atoms with van der Waals surface area (Å²) in [6.07, 6.45) is 1.28. The number of aryl methyl sites for hydroxylation is 1. The van der Waals surface area contributed by atoms with Crippen LogP contribution < -0.4 is 4.74 Å². The molecule has 1 atom stereocenters. The van der Waals surface area contributed by atoms with E-state index in [9.17, 15) is 0 Å². The molecule has 0 heterocycles. The van der Waals surface area contributed by atoms with E-state index in [2.05, 4.69) is 43.3 Å². The molecule has 0 N–H and O–H groups in total. The van der Waals surface area contributed by atoms with Crippen molar-refractivity contribution < 1.29 is 4.74 Å². The molecule has 1 unspecified atom stereocenters. The van der Waals surface area contributed by atoms with E-state index in [1.54, 1.807) is 0 Å². The maximum atomic E-state index is 5.93. The van der Waals surface area contributed by atoms with Gasteiger partial charge in [-0.25, -0.2) is 0 Å². The van der Waals surface area contributed by atoms with Crippen LogP contribution in [-0.2, 0) is 6.42 Å². The summed E-state index contributed by atoms with van der Waals surface area (Å²) in [4.78, 5) is 0. The largest absolute Gasteiger partial charge is 0.485 e. The van der Waals surface area contributed by atoms with Crippen molar-refractivity contribution in [2.24, 2.45) is 0 Å². The van der Waals surface area contributed by atoms with Crippen molar-refractivity contribution >= 4 is 0 Å². The van der Waals surface area contributed by atoms with Crippen molar-refractivity contribution in [2.45, 2.75) is 19.4 Å². The third kappa shape index (κ3) is 1.58. The molecular weight excluding hydrogens is 196 g/mol. The van der Waals surface area contributed by atoms with Crippen LogP contribution in [0.15, 0.2) is 48.5 Å². The quantitative estimate of drug-likeness (QED) is 0.734. The number of hydrogen-bond acceptors (Lipinski definition) is 1. The second-order valence-electron chi connectivity index (χ2n) is 4.32. The van der Waals surface area contributed by atoms with Crippen LogP contribution in [0.25, 0.3) is 0 Å². The minimum absolute atomic E-state index is 0.249. The summed E-state index contributed by atoms with van der Waals surface area (Å²) in [5.41, 5.74) is 4.02. The Hall–Kier alpha value is -1.76. The molecule has 1 aliphatic rings. The summed E-state index contributed by atoms with van der Waals surface area (Å²) in [6, 6.07) is 16.7.